The van der Waals surface area contributed by atoms with Crippen LogP contribution in [0.15, 0.2) is 36.7 Å². The highest BCUT2D eigenvalue weighted by Gasteiger charge is 2.23. The Labute approximate surface area is 127 Å². The maximum Gasteiger partial charge on any atom is 0.251 e. The first-order valence-corrected chi connectivity index (χ1v) is 7.20. The van der Waals surface area contributed by atoms with Gasteiger partial charge in [0.15, 0.2) is 0 Å². The number of anilines is 1. The van der Waals surface area contributed by atoms with Crippen LogP contribution in [0.2, 0.25) is 5.15 Å². The summed E-state index contributed by atoms with van der Waals surface area (Å²) in [6.45, 7) is 0.597. The Kier molecular flexibility index (Phi) is 4.01. The normalized spacial score (nSPS) is 13.8. The first-order valence-electron chi connectivity index (χ1n) is 6.82. The molecule has 2 aromatic rings. The van der Waals surface area contributed by atoms with Gasteiger partial charge in [-0.3, -0.25) is 9.78 Å². The molecule has 0 atom stereocenters. The SMILES string of the molecule is O=C(NC1CC1)c1ccc(CNc2cncc(Cl)n2)cc1. The minimum atomic E-state index is -0.00211. The number of hydrogen-bond donors (Lipinski definition) is 2. The van der Waals surface area contributed by atoms with Crippen LogP contribution in [-0.4, -0.2) is 21.9 Å². The van der Waals surface area contributed by atoms with Crippen molar-refractivity contribution >= 4 is 23.3 Å². The Balaban J connectivity index is 1.57. The molecule has 108 valence electrons. The fraction of sp³-hybridized carbons (Fsp3) is 0.267. The fourth-order valence-corrected chi connectivity index (χ4v) is 2.04. The van der Waals surface area contributed by atoms with Gasteiger partial charge in [0.05, 0.1) is 12.4 Å². The van der Waals surface area contributed by atoms with E-state index in [1.54, 1.807) is 6.20 Å². The first-order chi connectivity index (χ1) is 10.2. The zero-order chi connectivity index (χ0) is 14.7. The summed E-state index contributed by atoms with van der Waals surface area (Å²) in [5, 5.41) is 6.45. The number of nitrogens with one attached hydrogen (secondary N) is 2. The van der Waals surface area contributed by atoms with Crippen LogP contribution < -0.4 is 10.6 Å². The van der Waals surface area contributed by atoms with Crippen molar-refractivity contribution in [3.63, 3.8) is 0 Å². The predicted molar refractivity (Wildman–Crippen MR) is 81.3 cm³/mol. The maximum atomic E-state index is 11.9. The van der Waals surface area contributed by atoms with Gasteiger partial charge >= 0.3 is 0 Å². The summed E-state index contributed by atoms with van der Waals surface area (Å²) in [5.74, 6) is 0.621. The van der Waals surface area contributed by atoms with Gasteiger partial charge in [-0.15, -0.1) is 0 Å². The van der Waals surface area contributed by atoms with Crippen molar-refractivity contribution in [1.82, 2.24) is 15.3 Å². The van der Waals surface area contributed by atoms with E-state index >= 15 is 0 Å². The van der Waals surface area contributed by atoms with Crippen molar-refractivity contribution < 1.29 is 4.79 Å². The summed E-state index contributed by atoms with van der Waals surface area (Å²) >= 11 is 5.77. The van der Waals surface area contributed by atoms with E-state index in [1.165, 1.54) is 6.20 Å². The van der Waals surface area contributed by atoms with Crippen LogP contribution in [0.25, 0.3) is 0 Å². The van der Waals surface area contributed by atoms with Crippen LogP contribution in [0.4, 0.5) is 5.82 Å². The summed E-state index contributed by atoms with van der Waals surface area (Å²) in [7, 11) is 0. The number of amides is 1. The van der Waals surface area contributed by atoms with Crippen molar-refractivity contribution in [2.45, 2.75) is 25.4 Å². The zero-order valence-electron chi connectivity index (χ0n) is 11.3. The maximum absolute atomic E-state index is 11.9. The number of rotatable bonds is 5. The Morgan fingerprint density at radius 2 is 2.00 bits per heavy atom. The smallest absolute Gasteiger partial charge is 0.251 e. The van der Waals surface area contributed by atoms with E-state index in [0.29, 0.717) is 29.1 Å². The Bertz CT molecular complexity index is 640. The monoisotopic (exact) mass is 302 g/mol. The average Bonchev–Trinajstić information content (AvgIpc) is 3.30. The van der Waals surface area contributed by atoms with Gasteiger partial charge in [-0.25, -0.2) is 4.98 Å². The molecule has 0 bridgehead atoms. The highest BCUT2D eigenvalue weighted by molar-refractivity contribution is 6.29. The van der Waals surface area contributed by atoms with E-state index < -0.39 is 0 Å². The lowest BCUT2D eigenvalue weighted by atomic mass is 10.1. The molecule has 1 heterocycles. The number of aromatic nitrogens is 2. The molecular weight excluding hydrogens is 288 g/mol. The number of carbonyl (C=O) groups is 1. The number of nitrogens with zero attached hydrogens (tertiary/aromatic N) is 2. The quantitative estimate of drug-likeness (QED) is 0.891. The molecule has 2 N–H and O–H groups in total. The van der Waals surface area contributed by atoms with E-state index in [0.717, 1.165) is 18.4 Å². The van der Waals surface area contributed by atoms with E-state index in [2.05, 4.69) is 20.6 Å². The Hall–Kier alpha value is -2.14. The lowest BCUT2D eigenvalue weighted by Gasteiger charge is -2.07. The molecule has 1 aliphatic rings. The number of halogens is 1. The molecule has 1 aromatic carbocycles. The molecule has 1 aromatic heterocycles. The van der Waals surface area contributed by atoms with Crippen LogP contribution >= 0.6 is 11.6 Å². The summed E-state index contributed by atoms with van der Waals surface area (Å²) in [4.78, 5) is 19.9. The molecule has 1 fully saturated rings. The van der Waals surface area contributed by atoms with E-state index in [1.807, 2.05) is 24.3 Å². The van der Waals surface area contributed by atoms with Crippen molar-refractivity contribution in [1.29, 1.82) is 0 Å². The van der Waals surface area contributed by atoms with Gasteiger partial charge in [-0.2, -0.15) is 0 Å². The molecule has 21 heavy (non-hydrogen) atoms. The van der Waals surface area contributed by atoms with Crippen LogP contribution in [0, 0.1) is 0 Å². The van der Waals surface area contributed by atoms with Crippen LogP contribution in [0.3, 0.4) is 0 Å². The predicted octanol–water partition coefficient (Wildman–Crippen LogP) is 2.63. The molecule has 0 unspecified atom stereocenters. The van der Waals surface area contributed by atoms with Gasteiger partial charge in [-0.05, 0) is 30.5 Å². The second kappa shape index (κ2) is 6.10. The summed E-state index contributed by atoms with van der Waals surface area (Å²) in [6, 6.07) is 7.89. The molecular formula is C15H15ClN4O. The number of carbonyl (C=O) groups excluding carboxylic acids is 1. The molecule has 0 radical (unpaired) electrons. The summed E-state index contributed by atoms with van der Waals surface area (Å²) in [6.07, 6.45) is 5.28. The third-order valence-corrected chi connectivity index (χ3v) is 3.39. The molecule has 0 aliphatic heterocycles. The number of benzene rings is 1. The lowest BCUT2D eigenvalue weighted by molar-refractivity contribution is 0.0951. The van der Waals surface area contributed by atoms with Gasteiger partial charge in [-0.1, -0.05) is 23.7 Å². The topological polar surface area (TPSA) is 66.9 Å². The Morgan fingerprint density at radius 3 is 2.67 bits per heavy atom. The molecule has 0 saturated heterocycles. The van der Waals surface area contributed by atoms with Crippen molar-refractivity contribution in [2.75, 3.05) is 5.32 Å². The third-order valence-electron chi connectivity index (χ3n) is 3.21. The van der Waals surface area contributed by atoms with Crippen LogP contribution in [0.5, 0.6) is 0 Å². The van der Waals surface area contributed by atoms with Gasteiger partial charge in [0.25, 0.3) is 5.91 Å². The van der Waals surface area contributed by atoms with Crippen LogP contribution in [0.1, 0.15) is 28.8 Å². The highest BCUT2D eigenvalue weighted by Crippen LogP contribution is 2.19. The summed E-state index contributed by atoms with van der Waals surface area (Å²) < 4.78 is 0. The number of hydrogen-bond acceptors (Lipinski definition) is 4. The van der Waals surface area contributed by atoms with Crippen molar-refractivity contribution in [3.8, 4) is 0 Å². The third kappa shape index (κ3) is 3.92. The molecule has 6 heteroatoms. The van der Waals surface area contributed by atoms with Gasteiger partial charge in [0.2, 0.25) is 0 Å². The molecule has 1 saturated carbocycles. The van der Waals surface area contributed by atoms with E-state index in [9.17, 15) is 4.79 Å². The minimum absolute atomic E-state index is 0.00211. The lowest BCUT2D eigenvalue weighted by Crippen LogP contribution is -2.25. The molecule has 0 spiro atoms. The van der Waals surface area contributed by atoms with Gasteiger partial charge in [0, 0.05) is 18.2 Å². The van der Waals surface area contributed by atoms with E-state index in [-0.39, 0.29) is 5.91 Å². The highest BCUT2D eigenvalue weighted by atomic mass is 35.5. The molecule has 3 rings (SSSR count). The average molecular weight is 303 g/mol. The van der Waals surface area contributed by atoms with Crippen molar-refractivity contribution in [2.24, 2.45) is 0 Å². The van der Waals surface area contributed by atoms with Gasteiger partial charge in [0.1, 0.15) is 11.0 Å². The van der Waals surface area contributed by atoms with Crippen LogP contribution in [-0.2, 0) is 6.54 Å². The minimum Gasteiger partial charge on any atom is -0.365 e. The standard InChI is InChI=1S/C15H15ClN4O/c16-13-8-17-9-14(20-13)18-7-10-1-3-11(4-2-10)15(21)19-12-5-6-12/h1-4,8-9,12H,5-7H2,(H,18,20)(H,19,21). The van der Waals surface area contributed by atoms with E-state index in [4.69, 9.17) is 11.6 Å². The zero-order valence-corrected chi connectivity index (χ0v) is 12.1. The second-order valence-corrected chi connectivity index (χ2v) is 5.41. The first kappa shape index (κ1) is 13.8. The largest absolute Gasteiger partial charge is 0.365 e. The second-order valence-electron chi connectivity index (χ2n) is 5.03. The molecule has 1 amide bonds. The fourth-order valence-electron chi connectivity index (χ4n) is 1.89. The van der Waals surface area contributed by atoms with Gasteiger partial charge < -0.3 is 10.6 Å². The Morgan fingerprint density at radius 1 is 1.24 bits per heavy atom. The summed E-state index contributed by atoms with van der Waals surface area (Å²) in [5.41, 5.74) is 1.74. The molecule has 5 nitrogen and oxygen atoms in total. The molecule has 1 aliphatic carbocycles. The van der Waals surface area contributed by atoms with Crippen molar-refractivity contribution in [3.05, 3.63) is 52.9 Å².